The van der Waals surface area contributed by atoms with Crippen molar-refractivity contribution in [3.63, 3.8) is 0 Å². The number of halogens is 2. The molecule has 2 nitrogen and oxygen atoms in total. The average Bonchev–Trinajstić information content (AvgIpc) is 2.37. The molecule has 72 valence electrons. The van der Waals surface area contributed by atoms with Crippen molar-refractivity contribution in [2.75, 3.05) is 33.4 Å². The SMILES string of the molecule is CN(CCF)CC1NCCC1F. The Kier molecular flexibility index (Phi) is 3.88. The fourth-order valence-electron chi connectivity index (χ4n) is 1.49. The van der Waals surface area contributed by atoms with Crippen LogP contribution in [0.1, 0.15) is 6.42 Å². The zero-order chi connectivity index (χ0) is 8.97. The standard InChI is InChI=1S/C8H16F2N2/c1-12(5-3-9)6-8-7(10)2-4-11-8/h7-8,11H,2-6H2,1H3. The van der Waals surface area contributed by atoms with E-state index in [4.69, 9.17) is 0 Å². The van der Waals surface area contributed by atoms with Gasteiger partial charge in [-0.05, 0) is 20.0 Å². The summed E-state index contributed by atoms with van der Waals surface area (Å²) in [6.07, 6.45) is -0.166. The molecule has 0 amide bonds. The van der Waals surface area contributed by atoms with Crippen LogP contribution in [-0.2, 0) is 0 Å². The van der Waals surface area contributed by atoms with Gasteiger partial charge >= 0.3 is 0 Å². The lowest BCUT2D eigenvalue weighted by molar-refractivity contribution is 0.220. The van der Waals surface area contributed by atoms with Crippen LogP contribution in [0.4, 0.5) is 8.78 Å². The monoisotopic (exact) mass is 178 g/mol. The summed E-state index contributed by atoms with van der Waals surface area (Å²) in [5.41, 5.74) is 0. The Hall–Kier alpha value is -0.220. The largest absolute Gasteiger partial charge is 0.310 e. The molecular weight excluding hydrogens is 162 g/mol. The molecule has 2 unspecified atom stereocenters. The van der Waals surface area contributed by atoms with Crippen LogP contribution < -0.4 is 5.32 Å². The van der Waals surface area contributed by atoms with Crippen molar-refractivity contribution in [3.05, 3.63) is 0 Å². The average molecular weight is 178 g/mol. The zero-order valence-corrected chi connectivity index (χ0v) is 7.39. The first-order valence-electron chi connectivity index (χ1n) is 4.36. The van der Waals surface area contributed by atoms with Gasteiger partial charge in [-0.1, -0.05) is 0 Å². The van der Waals surface area contributed by atoms with Crippen LogP contribution in [0.3, 0.4) is 0 Å². The van der Waals surface area contributed by atoms with E-state index in [0.29, 0.717) is 19.5 Å². The number of nitrogens with zero attached hydrogens (tertiary/aromatic N) is 1. The smallest absolute Gasteiger partial charge is 0.118 e. The Morgan fingerprint density at radius 3 is 2.83 bits per heavy atom. The van der Waals surface area contributed by atoms with Crippen molar-refractivity contribution in [2.24, 2.45) is 0 Å². The number of alkyl halides is 2. The van der Waals surface area contributed by atoms with Gasteiger partial charge in [-0.3, -0.25) is 0 Å². The minimum atomic E-state index is -0.757. The Labute approximate surface area is 71.9 Å². The molecule has 0 aromatic heterocycles. The van der Waals surface area contributed by atoms with Gasteiger partial charge in [0.05, 0.1) is 6.04 Å². The second-order valence-electron chi connectivity index (χ2n) is 3.32. The molecule has 0 bridgehead atoms. The van der Waals surface area contributed by atoms with Gasteiger partial charge in [0.25, 0.3) is 0 Å². The topological polar surface area (TPSA) is 15.3 Å². The molecule has 0 spiro atoms. The summed E-state index contributed by atoms with van der Waals surface area (Å²) in [5.74, 6) is 0. The maximum Gasteiger partial charge on any atom is 0.118 e. The first kappa shape index (κ1) is 9.86. The normalized spacial score (nSPS) is 30.0. The summed E-state index contributed by atoms with van der Waals surface area (Å²) >= 11 is 0. The van der Waals surface area contributed by atoms with Gasteiger partial charge < -0.3 is 10.2 Å². The lowest BCUT2D eigenvalue weighted by Gasteiger charge is -2.20. The van der Waals surface area contributed by atoms with Crippen LogP contribution in [0.5, 0.6) is 0 Å². The molecule has 0 aliphatic carbocycles. The van der Waals surface area contributed by atoms with E-state index in [9.17, 15) is 8.78 Å². The summed E-state index contributed by atoms with van der Waals surface area (Å²) in [5, 5.41) is 3.06. The summed E-state index contributed by atoms with van der Waals surface area (Å²) in [4.78, 5) is 1.82. The van der Waals surface area contributed by atoms with Crippen LogP contribution in [0.2, 0.25) is 0 Å². The third kappa shape index (κ3) is 2.68. The number of nitrogens with one attached hydrogen (secondary N) is 1. The summed E-state index contributed by atoms with van der Waals surface area (Å²) in [6.45, 7) is 1.38. The molecule has 4 heteroatoms. The molecule has 1 rings (SSSR count). The number of likely N-dealkylation sites (N-methyl/N-ethyl adjacent to an activating group) is 1. The van der Waals surface area contributed by atoms with E-state index < -0.39 is 6.17 Å². The zero-order valence-electron chi connectivity index (χ0n) is 7.39. The minimum Gasteiger partial charge on any atom is -0.310 e. The third-order valence-electron chi connectivity index (χ3n) is 2.24. The van der Waals surface area contributed by atoms with Crippen molar-refractivity contribution in [1.29, 1.82) is 0 Å². The first-order chi connectivity index (χ1) is 5.74. The third-order valence-corrected chi connectivity index (χ3v) is 2.24. The second kappa shape index (κ2) is 4.72. The molecule has 1 N–H and O–H groups in total. The van der Waals surface area contributed by atoms with Gasteiger partial charge in [0.2, 0.25) is 0 Å². The fourth-order valence-corrected chi connectivity index (χ4v) is 1.49. The van der Waals surface area contributed by atoms with Crippen molar-refractivity contribution in [2.45, 2.75) is 18.6 Å². The van der Waals surface area contributed by atoms with E-state index in [1.165, 1.54) is 0 Å². The van der Waals surface area contributed by atoms with Crippen LogP contribution in [0.25, 0.3) is 0 Å². The molecule has 1 fully saturated rings. The molecule has 1 aliphatic rings. The highest BCUT2D eigenvalue weighted by Gasteiger charge is 2.26. The van der Waals surface area contributed by atoms with Gasteiger partial charge in [0, 0.05) is 13.1 Å². The molecule has 1 aliphatic heterocycles. The van der Waals surface area contributed by atoms with Crippen LogP contribution in [0.15, 0.2) is 0 Å². The molecule has 2 atom stereocenters. The quantitative estimate of drug-likeness (QED) is 0.677. The lowest BCUT2D eigenvalue weighted by Crippen LogP contribution is -2.40. The predicted octanol–water partition coefficient (Wildman–Crippen LogP) is 0.588. The summed E-state index contributed by atoms with van der Waals surface area (Å²) in [6, 6.07) is -0.0958. The first-order valence-corrected chi connectivity index (χ1v) is 4.36. The Bertz CT molecular complexity index is 132. The van der Waals surface area contributed by atoms with Crippen molar-refractivity contribution < 1.29 is 8.78 Å². The molecule has 12 heavy (non-hydrogen) atoms. The van der Waals surface area contributed by atoms with Crippen molar-refractivity contribution >= 4 is 0 Å². The van der Waals surface area contributed by atoms with Gasteiger partial charge in [-0.15, -0.1) is 0 Å². The summed E-state index contributed by atoms with van der Waals surface area (Å²) < 4.78 is 24.9. The Morgan fingerprint density at radius 2 is 2.33 bits per heavy atom. The van der Waals surface area contributed by atoms with Crippen molar-refractivity contribution in [1.82, 2.24) is 10.2 Å². The number of hydrogen-bond donors (Lipinski definition) is 1. The van der Waals surface area contributed by atoms with Gasteiger partial charge in [0.1, 0.15) is 12.8 Å². The van der Waals surface area contributed by atoms with Gasteiger partial charge in [-0.2, -0.15) is 0 Å². The van der Waals surface area contributed by atoms with E-state index >= 15 is 0 Å². The van der Waals surface area contributed by atoms with E-state index in [2.05, 4.69) is 5.32 Å². The molecular formula is C8H16F2N2. The summed E-state index contributed by atoms with van der Waals surface area (Å²) in [7, 11) is 1.81. The highest BCUT2D eigenvalue weighted by atomic mass is 19.1. The molecule has 1 heterocycles. The molecule has 0 saturated carbocycles. The van der Waals surface area contributed by atoms with Gasteiger partial charge in [0.15, 0.2) is 0 Å². The van der Waals surface area contributed by atoms with Crippen LogP contribution in [0, 0.1) is 0 Å². The molecule has 0 radical (unpaired) electrons. The van der Waals surface area contributed by atoms with Gasteiger partial charge in [-0.25, -0.2) is 8.78 Å². The van der Waals surface area contributed by atoms with E-state index in [1.807, 2.05) is 11.9 Å². The van der Waals surface area contributed by atoms with E-state index in [1.54, 1.807) is 0 Å². The van der Waals surface area contributed by atoms with Crippen molar-refractivity contribution in [3.8, 4) is 0 Å². The maximum absolute atomic E-state index is 13.0. The fraction of sp³-hybridized carbons (Fsp3) is 1.00. The highest BCUT2D eigenvalue weighted by molar-refractivity contribution is 4.85. The minimum absolute atomic E-state index is 0.0958. The molecule has 0 aromatic rings. The van der Waals surface area contributed by atoms with Crippen LogP contribution in [-0.4, -0.2) is 50.5 Å². The molecule has 0 aromatic carbocycles. The Balaban J connectivity index is 2.20. The van der Waals surface area contributed by atoms with Crippen LogP contribution >= 0.6 is 0 Å². The maximum atomic E-state index is 13.0. The lowest BCUT2D eigenvalue weighted by atomic mass is 10.2. The van der Waals surface area contributed by atoms with E-state index in [-0.39, 0.29) is 12.7 Å². The predicted molar refractivity (Wildman–Crippen MR) is 44.8 cm³/mol. The number of hydrogen-bond acceptors (Lipinski definition) is 2. The number of rotatable bonds is 4. The Morgan fingerprint density at radius 1 is 1.58 bits per heavy atom. The molecule has 1 saturated heterocycles. The highest BCUT2D eigenvalue weighted by Crippen LogP contribution is 2.11. The van der Waals surface area contributed by atoms with E-state index in [0.717, 1.165) is 6.54 Å². The second-order valence-corrected chi connectivity index (χ2v) is 3.32.